The molecule has 1 amide bonds. The standard InChI is InChI=1S/C27H43Cl3N4O3S/c1-2-3-4-5-6-7-8-9-10-11-12-13-14-15-16-17-24(35)32-25(27(28,29)30)33-26(38)31-22-18-20-23(21-19-22)34(36)37/h18-21,25H,2-17H2,1H3,(H,32,35)(H2,31,33,38)/t25-/m0/s1. The van der Waals surface area contributed by atoms with Crippen LogP contribution in [0.4, 0.5) is 11.4 Å². The van der Waals surface area contributed by atoms with Gasteiger partial charge in [-0.25, -0.2) is 0 Å². The van der Waals surface area contributed by atoms with E-state index in [1.807, 2.05) is 0 Å². The van der Waals surface area contributed by atoms with E-state index in [-0.39, 0.29) is 16.7 Å². The topological polar surface area (TPSA) is 96.3 Å². The first-order valence-electron chi connectivity index (χ1n) is 13.8. The predicted octanol–water partition coefficient (Wildman–Crippen LogP) is 8.96. The van der Waals surface area contributed by atoms with Crippen LogP contribution < -0.4 is 16.0 Å². The van der Waals surface area contributed by atoms with Gasteiger partial charge in [-0.3, -0.25) is 14.9 Å². The minimum atomic E-state index is -1.84. The van der Waals surface area contributed by atoms with Gasteiger partial charge in [-0.2, -0.15) is 0 Å². The van der Waals surface area contributed by atoms with Crippen LogP contribution in [0.3, 0.4) is 0 Å². The molecule has 0 aromatic heterocycles. The van der Waals surface area contributed by atoms with Crippen molar-refractivity contribution in [1.29, 1.82) is 0 Å². The summed E-state index contributed by atoms with van der Waals surface area (Å²) in [5.41, 5.74) is 0.472. The van der Waals surface area contributed by atoms with Crippen LogP contribution in [-0.4, -0.2) is 25.9 Å². The second-order valence-electron chi connectivity index (χ2n) is 9.64. The van der Waals surface area contributed by atoms with Gasteiger partial charge >= 0.3 is 0 Å². The number of nitrogens with zero attached hydrogens (tertiary/aromatic N) is 1. The number of nitro groups is 1. The van der Waals surface area contributed by atoms with E-state index >= 15 is 0 Å². The first kappa shape index (κ1) is 34.7. The Bertz CT molecular complexity index is 823. The van der Waals surface area contributed by atoms with Crippen LogP contribution >= 0.6 is 47.0 Å². The maximum atomic E-state index is 12.4. The van der Waals surface area contributed by atoms with E-state index in [2.05, 4.69) is 22.9 Å². The summed E-state index contributed by atoms with van der Waals surface area (Å²) >= 11 is 23.3. The molecule has 38 heavy (non-hydrogen) atoms. The van der Waals surface area contributed by atoms with E-state index in [0.29, 0.717) is 12.1 Å². The molecule has 11 heteroatoms. The van der Waals surface area contributed by atoms with Crippen molar-refractivity contribution < 1.29 is 9.72 Å². The molecule has 0 bridgehead atoms. The monoisotopic (exact) mass is 608 g/mol. The van der Waals surface area contributed by atoms with Crippen molar-refractivity contribution >= 4 is 69.4 Å². The number of rotatable bonds is 20. The van der Waals surface area contributed by atoms with Crippen LogP contribution in [0.2, 0.25) is 0 Å². The Morgan fingerprint density at radius 3 is 1.71 bits per heavy atom. The van der Waals surface area contributed by atoms with Gasteiger partial charge in [0.2, 0.25) is 9.70 Å². The van der Waals surface area contributed by atoms with Gasteiger partial charge in [-0.1, -0.05) is 132 Å². The lowest BCUT2D eigenvalue weighted by Crippen LogP contribution is -2.56. The molecule has 0 aliphatic rings. The lowest BCUT2D eigenvalue weighted by Gasteiger charge is -2.27. The number of thiocarbonyl (C=S) groups is 1. The largest absolute Gasteiger partial charge is 0.339 e. The second-order valence-corrected chi connectivity index (χ2v) is 12.4. The van der Waals surface area contributed by atoms with E-state index in [1.54, 1.807) is 0 Å². The highest BCUT2D eigenvalue weighted by Gasteiger charge is 2.34. The number of benzene rings is 1. The van der Waals surface area contributed by atoms with Gasteiger partial charge in [-0.15, -0.1) is 0 Å². The van der Waals surface area contributed by atoms with Crippen LogP contribution in [0.5, 0.6) is 0 Å². The summed E-state index contributed by atoms with van der Waals surface area (Å²) < 4.78 is -1.84. The normalized spacial score (nSPS) is 12.1. The molecule has 1 rings (SSSR count). The van der Waals surface area contributed by atoms with Crippen LogP contribution in [0, 0.1) is 10.1 Å². The van der Waals surface area contributed by atoms with E-state index < -0.39 is 14.9 Å². The Hall–Kier alpha value is -1.35. The van der Waals surface area contributed by atoms with Crippen molar-refractivity contribution in [2.45, 2.75) is 120 Å². The zero-order valence-corrected chi connectivity index (χ0v) is 25.5. The molecule has 0 unspecified atom stereocenters. The number of unbranched alkanes of at least 4 members (excludes halogenated alkanes) is 14. The average molecular weight is 610 g/mol. The van der Waals surface area contributed by atoms with Crippen molar-refractivity contribution in [2.75, 3.05) is 5.32 Å². The Morgan fingerprint density at radius 2 is 1.29 bits per heavy atom. The summed E-state index contributed by atoms with van der Waals surface area (Å²) in [4.78, 5) is 22.7. The fraction of sp³-hybridized carbons (Fsp3) is 0.704. The maximum Gasteiger partial charge on any atom is 0.269 e. The molecular formula is C27H43Cl3N4O3S. The molecule has 0 fully saturated rings. The Morgan fingerprint density at radius 1 is 0.842 bits per heavy atom. The summed E-state index contributed by atoms with van der Waals surface area (Å²) in [5, 5.41) is 19.2. The number of halogens is 3. The Kier molecular flexibility index (Phi) is 18.7. The van der Waals surface area contributed by atoms with Gasteiger partial charge in [-0.05, 0) is 30.8 Å². The van der Waals surface area contributed by atoms with Crippen molar-refractivity contribution in [2.24, 2.45) is 0 Å². The zero-order chi connectivity index (χ0) is 28.2. The van der Waals surface area contributed by atoms with Crippen molar-refractivity contribution in [3.05, 3.63) is 34.4 Å². The highest BCUT2D eigenvalue weighted by Crippen LogP contribution is 2.29. The molecule has 216 valence electrons. The fourth-order valence-corrected chi connectivity index (χ4v) is 4.62. The minimum Gasteiger partial charge on any atom is -0.339 e. The molecule has 1 atom stereocenters. The van der Waals surface area contributed by atoms with Gasteiger partial charge in [0.1, 0.15) is 6.17 Å². The SMILES string of the molecule is CCCCCCCCCCCCCCCCCC(=O)N[C@@H](NC(=S)Nc1ccc([N+](=O)[O-])cc1)C(Cl)(Cl)Cl. The molecule has 0 heterocycles. The lowest BCUT2D eigenvalue weighted by atomic mass is 10.0. The van der Waals surface area contributed by atoms with E-state index in [0.717, 1.165) is 19.3 Å². The predicted molar refractivity (Wildman–Crippen MR) is 164 cm³/mol. The first-order chi connectivity index (χ1) is 18.1. The molecule has 7 nitrogen and oxygen atoms in total. The molecule has 0 spiro atoms. The van der Waals surface area contributed by atoms with Gasteiger partial charge < -0.3 is 16.0 Å². The molecule has 0 aliphatic carbocycles. The number of non-ortho nitro benzene ring substituents is 1. The third kappa shape index (κ3) is 17.3. The van der Waals surface area contributed by atoms with Gasteiger partial charge in [0.15, 0.2) is 5.11 Å². The molecule has 0 saturated heterocycles. The molecule has 0 aliphatic heterocycles. The van der Waals surface area contributed by atoms with Crippen LogP contribution in [0.25, 0.3) is 0 Å². The van der Waals surface area contributed by atoms with Crippen molar-refractivity contribution in [3.8, 4) is 0 Å². The number of alkyl halides is 3. The van der Waals surface area contributed by atoms with Crippen molar-refractivity contribution in [3.63, 3.8) is 0 Å². The number of anilines is 1. The van der Waals surface area contributed by atoms with Crippen LogP contribution in [0.1, 0.15) is 110 Å². The van der Waals surface area contributed by atoms with E-state index in [4.69, 9.17) is 47.0 Å². The van der Waals surface area contributed by atoms with Gasteiger partial charge in [0, 0.05) is 24.2 Å². The van der Waals surface area contributed by atoms with Crippen LogP contribution in [0.15, 0.2) is 24.3 Å². The highest BCUT2D eigenvalue weighted by molar-refractivity contribution is 7.80. The summed E-state index contributed by atoms with van der Waals surface area (Å²) in [5.74, 6) is -0.235. The van der Waals surface area contributed by atoms with Crippen molar-refractivity contribution in [1.82, 2.24) is 10.6 Å². The summed E-state index contributed by atoms with van der Waals surface area (Å²) in [6, 6.07) is 5.70. The molecule has 3 N–H and O–H groups in total. The molecule has 1 aromatic rings. The number of nitro benzene ring substituents is 1. The number of carbonyl (C=O) groups is 1. The number of carbonyl (C=O) groups excluding carboxylic acids is 1. The van der Waals surface area contributed by atoms with Gasteiger partial charge in [0.25, 0.3) is 5.69 Å². The third-order valence-electron chi connectivity index (χ3n) is 6.25. The quantitative estimate of drug-likeness (QED) is 0.0341. The second kappa shape index (κ2) is 20.5. The average Bonchev–Trinajstić information content (AvgIpc) is 2.85. The Labute approximate surface area is 248 Å². The molecule has 1 aromatic carbocycles. The minimum absolute atomic E-state index is 0.0420. The zero-order valence-electron chi connectivity index (χ0n) is 22.4. The smallest absolute Gasteiger partial charge is 0.269 e. The Balaban J connectivity index is 2.17. The van der Waals surface area contributed by atoms with E-state index in [1.165, 1.54) is 101 Å². The molecule has 0 saturated carbocycles. The third-order valence-corrected chi connectivity index (χ3v) is 7.13. The number of amides is 1. The van der Waals surface area contributed by atoms with E-state index in [9.17, 15) is 14.9 Å². The molecular weight excluding hydrogens is 567 g/mol. The first-order valence-corrected chi connectivity index (χ1v) is 15.4. The number of hydrogen-bond acceptors (Lipinski definition) is 4. The fourth-order valence-electron chi connectivity index (χ4n) is 4.05. The van der Waals surface area contributed by atoms with Crippen LogP contribution in [-0.2, 0) is 4.79 Å². The number of nitrogens with one attached hydrogen (secondary N) is 3. The summed E-state index contributed by atoms with van der Waals surface area (Å²) in [6.45, 7) is 2.25. The highest BCUT2D eigenvalue weighted by atomic mass is 35.6. The molecule has 0 radical (unpaired) electrons. The summed E-state index contributed by atoms with van der Waals surface area (Å²) in [6.07, 6.45) is 18.1. The summed E-state index contributed by atoms with van der Waals surface area (Å²) in [7, 11) is 0. The van der Waals surface area contributed by atoms with Gasteiger partial charge in [0.05, 0.1) is 4.92 Å². The number of hydrogen-bond donors (Lipinski definition) is 3. The lowest BCUT2D eigenvalue weighted by molar-refractivity contribution is -0.384. The maximum absolute atomic E-state index is 12.4.